The number of thioether (sulfide) groups is 1. The Morgan fingerprint density at radius 3 is 1.88 bits per heavy atom. The predicted octanol–water partition coefficient (Wildman–Crippen LogP) is -2.15. The van der Waals surface area contributed by atoms with Crippen molar-refractivity contribution in [2.45, 2.75) is 64.3 Å². The minimum absolute atomic E-state index is 0.0299. The number of hydrogen-bond donors (Lipinski definition) is 8. The number of aliphatic carboxylic acids is 1. The van der Waals surface area contributed by atoms with Gasteiger partial charge >= 0.3 is 5.97 Å². The van der Waals surface area contributed by atoms with Crippen LogP contribution in [0.25, 0.3) is 0 Å². The van der Waals surface area contributed by atoms with Crippen LogP contribution in [0.15, 0.2) is 24.3 Å². The summed E-state index contributed by atoms with van der Waals surface area (Å²) in [4.78, 5) is 85.1. The van der Waals surface area contributed by atoms with Gasteiger partial charge in [-0.25, -0.2) is 0 Å². The molecule has 0 aliphatic heterocycles. The average Bonchev–Trinajstić information content (AvgIpc) is 2.93. The van der Waals surface area contributed by atoms with Crippen molar-refractivity contribution < 1.29 is 43.8 Å². The maximum atomic E-state index is 12.8. The van der Waals surface area contributed by atoms with Gasteiger partial charge in [0.25, 0.3) is 0 Å². The Balaban J connectivity index is 2.66. The lowest BCUT2D eigenvalue weighted by atomic mass is 10.0. The Bertz CT molecular complexity index is 1240. The zero-order valence-electron chi connectivity index (χ0n) is 23.9. The van der Waals surface area contributed by atoms with Gasteiger partial charge in [-0.15, -0.1) is 0 Å². The molecule has 5 atom stereocenters. The molecule has 0 saturated carbocycles. The summed E-state index contributed by atoms with van der Waals surface area (Å²) in [6.07, 6.45) is 0.0806. The molecule has 1 aromatic carbocycles. The summed E-state index contributed by atoms with van der Waals surface area (Å²) in [6.45, 7) is 4.55. The zero-order valence-corrected chi connectivity index (χ0v) is 24.7. The van der Waals surface area contributed by atoms with Gasteiger partial charge in [-0.05, 0) is 50.2 Å². The molecule has 0 aromatic heterocycles. The minimum Gasteiger partial charge on any atom is -0.508 e. The standard InChI is InChI=1S/C26H35N7O9S/c1-13(22(37)28-10-21(36)33-20(11-43-12-27)25(40)31-15(3)26(41)42)29-23(38)14(2)30-24(39)19(32-16(4)34)9-17-5-7-18(35)8-6-17/h5-8,13-15,19-20,35H,9-11H2,1-4H3,(H,28,37)(H,29,38)(H,30,39)(H,31,40)(H,32,34)(H,33,36)(H,41,42)/t13-,14-,15-,19-,20-/m0/s1. The van der Waals surface area contributed by atoms with Crippen LogP contribution in [0, 0.1) is 10.7 Å². The molecular formula is C26H35N7O9S. The van der Waals surface area contributed by atoms with Crippen LogP contribution in [0.3, 0.4) is 0 Å². The predicted molar refractivity (Wildman–Crippen MR) is 153 cm³/mol. The lowest BCUT2D eigenvalue weighted by Crippen LogP contribution is -2.56. The number of carbonyl (C=O) groups excluding carboxylic acids is 6. The number of nitriles is 1. The number of carboxylic acid groups (broad SMARTS) is 1. The summed E-state index contributed by atoms with van der Waals surface area (Å²) in [7, 11) is 0. The third kappa shape index (κ3) is 13.6. The first kappa shape index (κ1) is 36.2. The highest BCUT2D eigenvalue weighted by molar-refractivity contribution is 8.03. The molecule has 17 heteroatoms. The molecule has 6 amide bonds. The van der Waals surface area contributed by atoms with Crippen LogP contribution in [0.2, 0.25) is 0 Å². The number of amides is 6. The molecule has 234 valence electrons. The number of hydrogen-bond acceptors (Lipinski definition) is 10. The molecule has 0 aliphatic carbocycles. The van der Waals surface area contributed by atoms with E-state index in [4.69, 9.17) is 10.4 Å². The Labute approximate surface area is 251 Å². The second-order valence-corrected chi connectivity index (χ2v) is 10.2. The van der Waals surface area contributed by atoms with Gasteiger partial charge < -0.3 is 42.1 Å². The quantitative estimate of drug-likeness (QED) is 0.0924. The topological polar surface area (TPSA) is 256 Å². The van der Waals surface area contributed by atoms with Gasteiger partial charge in [0.05, 0.1) is 6.54 Å². The highest BCUT2D eigenvalue weighted by Crippen LogP contribution is 2.11. The van der Waals surface area contributed by atoms with E-state index in [9.17, 15) is 38.7 Å². The Kier molecular flexibility index (Phi) is 15.0. The van der Waals surface area contributed by atoms with Crippen molar-refractivity contribution >= 4 is 53.2 Å². The van der Waals surface area contributed by atoms with Gasteiger partial charge in [-0.2, -0.15) is 5.26 Å². The first-order valence-electron chi connectivity index (χ1n) is 12.9. The summed E-state index contributed by atoms with van der Waals surface area (Å²) in [5.41, 5.74) is 0.642. The van der Waals surface area contributed by atoms with Crippen molar-refractivity contribution in [3.8, 4) is 11.2 Å². The van der Waals surface area contributed by atoms with Crippen LogP contribution in [-0.4, -0.2) is 94.1 Å². The van der Waals surface area contributed by atoms with Crippen LogP contribution in [0.4, 0.5) is 0 Å². The molecule has 0 unspecified atom stereocenters. The molecule has 16 nitrogen and oxygen atoms in total. The van der Waals surface area contributed by atoms with Gasteiger partial charge in [-0.1, -0.05) is 12.1 Å². The Morgan fingerprint density at radius 1 is 0.791 bits per heavy atom. The number of carbonyl (C=O) groups is 7. The van der Waals surface area contributed by atoms with E-state index < -0.39 is 78.2 Å². The minimum atomic E-state index is -1.30. The summed E-state index contributed by atoms with van der Waals surface area (Å²) in [5, 5.41) is 43.0. The number of rotatable bonds is 16. The molecular weight excluding hydrogens is 586 g/mol. The number of nitrogens with zero attached hydrogens (tertiary/aromatic N) is 1. The molecule has 0 aliphatic rings. The highest BCUT2D eigenvalue weighted by atomic mass is 32.2. The fraction of sp³-hybridized carbons (Fsp3) is 0.462. The third-order valence-corrected chi connectivity index (χ3v) is 6.32. The molecule has 0 saturated heterocycles. The number of benzene rings is 1. The van der Waals surface area contributed by atoms with Gasteiger partial charge in [0.2, 0.25) is 35.4 Å². The van der Waals surface area contributed by atoms with Crippen LogP contribution in [-0.2, 0) is 40.0 Å². The fourth-order valence-corrected chi connectivity index (χ4v) is 3.83. The summed E-state index contributed by atoms with van der Waals surface area (Å²) >= 11 is 0.658. The third-order valence-electron chi connectivity index (χ3n) is 5.69. The molecule has 0 fully saturated rings. The summed E-state index contributed by atoms with van der Waals surface area (Å²) in [5.74, 6) is -5.73. The van der Waals surface area contributed by atoms with Crippen molar-refractivity contribution in [3.05, 3.63) is 29.8 Å². The molecule has 8 N–H and O–H groups in total. The van der Waals surface area contributed by atoms with Crippen molar-refractivity contribution in [2.24, 2.45) is 0 Å². The van der Waals surface area contributed by atoms with Crippen molar-refractivity contribution in [1.82, 2.24) is 31.9 Å². The normalized spacial score (nSPS) is 13.8. The van der Waals surface area contributed by atoms with Crippen molar-refractivity contribution in [1.29, 1.82) is 5.26 Å². The van der Waals surface area contributed by atoms with E-state index in [1.807, 2.05) is 0 Å². The second kappa shape index (κ2) is 17.9. The highest BCUT2D eigenvalue weighted by Gasteiger charge is 2.27. The van der Waals surface area contributed by atoms with E-state index >= 15 is 0 Å². The van der Waals surface area contributed by atoms with Crippen LogP contribution >= 0.6 is 11.8 Å². The van der Waals surface area contributed by atoms with E-state index in [2.05, 4.69) is 31.9 Å². The maximum Gasteiger partial charge on any atom is 0.325 e. The van der Waals surface area contributed by atoms with Gasteiger partial charge in [0.15, 0.2) is 0 Å². The van der Waals surface area contributed by atoms with Gasteiger partial charge in [0.1, 0.15) is 41.4 Å². The van der Waals surface area contributed by atoms with Crippen molar-refractivity contribution in [3.63, 3.8) is 0 Å². The van der Waals surface area contributed by atoms with E-state index in [1.54, 1.807) is 17.5 Å². The number of thiocyanates is 1. The maximum absolute atomic E-state index is 12.8. The van der Waals surface area contributed by atoms with Crippen LogP contribution < -0.4 is 31.9 Å². The van der Waals surface area contributed by atoms with Crippen LogP contribution in [0.5, 0.6) is 5.75 Å². The molecule has 0 heterocycles. The number of phenolic OH excluding ortho intramolecular Hbond substituents is 1. The summed E-state index contributed by atoms with van der Waals surface area (Å²) in [6, 6.07) is 0.217. The van der Waals surface area contributed by atoms with E-state index in [-0.39, 0.29) is 17.9 Å². The molecule has 1 aromatic rings. The Hall–Kier alpha value is -4.85. The van der Waals surface area contributed by atoms with Crippen LogP contribution in [0.1, 0.15) is 33.3 Å². The Morgan fingerprint density at radius 2 is 1.33 bits per heavy atom. The van der Waals surface area contributed by atoms with Gasteiger partial charge in [0, 0.05) is 19.1 Å². The largest absolute Gasteiger partial charge is 0.508 e. The fourth-order valence-electron chi connectivity index (χ4n) is 3.35. The SMILES string of the molecule is CC(=O)N[C@@H](Cc1ccc(O)cc1)C(=O)N[C@@H](C)C(=O)N[C@@H](C)C(=O)NCC(=O)N[C@@H](CSC#N)C(=O)N[C@@H](C)C(=O)O. The smallest absolute Gasteiger partial charge is 0.325 e. The van der Waals surface area contributed by atoms with E-state index in [1.165, 1.54) is 39.8 Å². The molecule has 1 rings (SSSR count). The molecule has 0 radical (unpaired) electrons. The number of phenols is 1. The lowest BCUT2D eigenvalue weighted by Gasteiger charge is -2.22. The van der Waals surface area contributed by atoms with E-state index in [0.717, 1.165) is 0 Å². The first-order chi connectivity index (χ1) is 20.1. The first-order valence-corrected chi connectivity index (χ1v) is 13.9. The van der Waals surface area contributed by atoms with E-state index in [0.29, 0.717) is 17.3 Å². The monoisotopic (exact) mass is 621 g/mol. The molecule has 0 bridgehead atoms. The summed E-state index contributed by atoms with van der Waals surface area (Å²) < 4.78 is 0. The number of nitrogens with one attached hydrogen (secondary N) is 6. The lowest BCUT2D eigenvalue weighted by molar-refractivity contribution is -0.141. The molecule has 43 heavy (non-hydrogen) atoms. The van der Waals surface area contributed by atoms with Crippen molar-refractivity contribution in [2.75, 3.05) is 12.3 Å². The van der Waals surface area contributed by atoms with Gasteiger partial charge in [-0.3, -0.25) is 33.6 Å². The average molecular weight is 622 g/mol. The second-order valence-electron chi connectivity index (χ2n) is 9.39. The zero-order chi connectivity index (χ0) is 32.7. The number of aromatic hydroxyl groups is 1. The number of carboxylic acids is 1. The molecule has 0 spiro atoms.